The Balaban J connectivity index is 3.08. The summed E-state index contributed by atoms with van der Waals surface area (Å²) in [6, 6.07) is 0.550. The number of nitrogens with one attached hydrogen (secondary N) is 1. The molecule has 0 aliphatic rings. The van der Waals surface area contributed by atoms with E-state index in [1.54, 1.807) is 26.8 Å². The normalized spacial score (nSPS) is 13.8. The van der Waals surface area contributed by atoms with Crippen molar-refractivity contribution in [1.82, 2.24) is 4.72 Å². The van der Waals surface area contributed by atoms with Crippen LogP contribution in [0.25, 0.3) is 0 Å². The van der Waals surface area contributed by atoms with Crippen LogP contribution in [0.1, 0.15) is 18.7 Å². The van der Waals surface area contributed by atoms with Crippen molar-refractivity contribution in [3.63, 3.8) is 0 Å². The molecule has 0 saturated heterocycles. The first-order valence-electron chi connectivity index (χ1n) is 5.16. The Morgan fingerprint density at radius 1 is 1.50 bits per heavy atom. The summed E-state index contributed by atoms with van der Waals surface area (Å²) in [5, 5.41) is 8.99. The summed E-state index contributed by atoms with van der Waals surface area (Å²) in [4.78, 5) is 11.8. The fourth-order valence-corrected chi connectivity index (χ4v) is 5.45. The lowest BCUT2D eigenvalue weighted by atomic mass is 10.1. The molecule has 0 fully saturated rings. The maximum atomic E-state index is 12.1. The number of hydrogen-bond acceptors (Lipinski definition) is 4. The SMILES string of the molecule is Cc1cc(Br)c(S(=O)(=O)NC(C(=O)O)C(C)C)s1. The Morgan fingerprint density at radius 3 is 2.39 bits per heavy atom. The zero-order valence-corrected chi connectivity index (χ0v) is 13.3. The number of aryl methyl sites for hydroxylation is 1. The highest BCUT2D eigenvalue weighted by Crippen LogP contribution is 2.31. The Kier molecular flexibility index (Phi) is 4.93. The summed E-state index contributed by atoms with van der Waals surface area (Å²) in [7, 11) is -3.82. The molecular formula is C10H14BrNO4S2. The van der Waals surface area contributed by atoms with Gasteiger partial charge in [-0.3, -0.25) is 4.79 Å². The number of sulfonamides is 1. The molecule has 1 atom stereocenters. The minimum Gasteiger partial charge on any atom is -0.480 e. The van der Waals surface area contributed by atoms with E-state index in [-0.39, 0.29) is 10.1 Å². The largest absolute Gasteiger partial charge is 0.480 e. The van der Waals surface area contributed by atoms with E-state index >= 15 is 0 Å². The van der Waals surface area contributed by atoms with E-state index in [0.717, 1.165) is 16.2 Å². The summed E-state index contributed by atoms with van der Waals surface area (Å²) >= 11 is 4.26. The van der Waals surface area contributed by atoms with E-state index in [4.69, 9.17) is 5.11 Å². The number of carbonyl (C=O) groups is 1. The molecule has 8 heteroatoms. The zero-order valence-electron chi connectivity index (χ0n) is 10.1. The average Bonchev–Trinajstić information content (AvgIpc) is 2.54. The van der Waals surface area contributed by atoms with Crippen molar-refractivity contribution in [3.8, 4) is 0 Å². The smallest absolute Gasteiger partial charge is 0.322 e. The van der Waals surface area contributed by atoms with Gasteiger partial charge >= 0.3 is 5.97 Å². The van der Waals surface area contributed by atoms with Crippen LogP contribution in [-0.2, 0) is 14.8 Å². The maximum Gasteiger partial charge on any atom is 0.322 e. The molecule has 18 heavy (non-hydrogen) atoms. The highest BCUT2D eigenvalue weighted by Gasteiger charge is 2.30. The second-order valence-corrected chi connectivity index (χ2v) is 8.19. The molecule has 0 saturated carbocycles. The number of rotatable bonds is 5. The molecule has 0 aromatic carbocycles. The summed E-state index contributed by atoms with van der Waals surface area (Å²) in [6.45, 7) is 5.08. The van der Waals surface area contributed by atoms with Crippen LogP contribution in [-0.4, -0.2) is 25.5 Å². The summed E-state index contributed by atoms with van der Waals surface area (Å²) < 4.78 is 27.0. The fourth-order valence-electron chi connectivity index (χ4n) is 1.34. The van der Waals surface area contributed by atoms with Crippen LogP contribution < -0.4 is 4.72 Å². The van der Waals surface area contributed by atoms with E-state index in [0.29, 0.717) is 4.47 Å². The minimum atomic E-state index is -3.82. The zero-order chi connectivity index (χ0) is 14.1. The monoisotopic (exact) mass is 355 g/mol. The van der Waals surface area contributed by atoms with Gasteiger partial charge in [-0.2, -0.15) is 4.72 Å². The van der Waals surface area contributed by atoms with Gasteiger partial charge in [0.25, 0.3) is 10.0 Å². The molecule has 5 nitrogen and oxygen atoms in total. The number of halogens is 1. The van der Waals surface area contributed by atoms with E-state index < -0.39 is 22.0 Å². The molecule has 0 aliphatic carbocycles. The third kappa shape index (κ3) is 3.53. The van der Waals surface area contributed by atoms with Gasteiger partial charge in [0.05, 0.1) is 0 Å². The lowest BCUT2D eigenvalue weighted by molar-refractivity contribution is -0.140. The van der Waals surface area contributed by atoms with Gasteiger partial charge < -0.3 is 5.11 Å². The van der Waals surface area contributed by atoms with Gasteiger partial charge in [-0.05, 0) is 34.8 Å². The lowest BCUT2D eigenvalue weighted by Gasteiger charge is -2.17. The highest BCUT2D eigenvalue weighted by molar-refractivity contribution is 9.10. The Labute approximate surface area is 118 Å². The van der Waals surface area contributed by atoms with Crippen molar-refractivity contribution in [2.75, 3.05) is 0 Å². The molecule has 1 rings (SSSR count). The summed E-state index contributed by atoms with van der Waals surface area (Å²) in [6.07, 6.45) is 0. The first-order chi connectivity index (χ1) is 8.15. The molecule has 0 bridgehead atoms. The molecule has 102 valence electrons. The van der Waals surface area contributed by atoms with Crippen molar-refractivity contribution < 1.29 is 18.3 Å². The number of hydrogen-bond donors (Lipinski definition) is 2. The van der Waals surface area contributed by atoms with Crippen LogP contribution in [0.3, 0.4) is 0 Å². The molecule has 0 spiro atoms. The Hall–Kier alpha value is -0.440. The van der Waals surface area contributed by atoms with E-state index in [2.05, 4.69) is 20.7 Å². The molecular weight excluding hydrogens is 342 g/mol. The van der Waals surface area contributed by atoms with E-state index in [1.165, 1.54) is 0 Å². The molecule has 1 aromatic rings. The van der Waals surface area contributed by atoms with Crippen LogP contribution in [0.2, 0.25) is 0 Å². The van der Waals surface area contributed by atoms with Gasteiger partial charge in [0, 0.05) is 9.35 Å². The Bertz CT molecular complexity index is 550. The van der Waals surface area contributed by atoms with Crippen molar-refractivity contribution in [2.45, 2.75) is 31.0 Å². The number of thiophene rings is 1. The first kappa shape index (κ1) is 15.6. The molecule has 1 unspecified atom stereocenters. The Morgan fingerprint density at radius 2 is 2.06 bits per heavy atom. The number of carboxylic acids is 1. The molecule has 0 amide bonds. The maximum absolute atomic E-state index is 12.1. The first-order valence-corrected chi connectivity index (χ1v) is 8.25. The van der Waals surface area contributed by atoms with Gasteiger partial charge in [0.1, 0.15) is 10.3 Å². The third-order valence-electron chi connectivity index (χ3n) is 2.24. The molecule has 0 radical (unpaired) electrons. The van der Waals surface area contributed by atoms with E-state index in [1.807, 2.05) is 0 Å². The average molecular weight is 356 g/mol. The summed E-state index contributed by atoms with van der Waals surface area (Å²) in [5.41, 5.74) is 0. The predicted molar refractivity (Wildman–Crippen MR) is 73.3 cm³/mol. The molecule has 2 N–H and O–H groups in total. The van der Waals surface area contributed by atoms with Gasteiger partial charge in [0.2, 0.25) is 0 Å². The minimum absolute atomic E-state index is 0.104. The van der Waals surface area contributed by atoms with Crippen molar-refractivity contribution in [2.24, 2.45) is 5.92 Å². The third-order valence-corrected chi connectivity index (χ3v) is 6.41. The standard InChI is InChI=1S/C10H14BrNO4S2/c1-5(2)8(9(13)14)12-18(15,16)10-7(11)4-6(3)17-10/h4-5,8,12H,1-3H3,(H,13,14). The van der Waals surface area contributed by atoms with E-state index in [9.17, 15) is 13.2 Å². The number of carboxylic acid groups (broad SMARTS) is 1. The predicted octanol–water partition coefficient (Wildman–Crippen LogP) is 2.21. The second-order valence-electron chi connectivity index (χ2n) is 4.17. The van der Waals surface area contributed by atoms with Gasteiger partial charge in [-0.25, -0.2) is 8.42 Å². The van der Waals surface area contributed by atoms with Gasteiger partial charge in [0.15, 0.2) is 0 Å². The van der Waals surface area contributed by atoms with Gasteiger partial charge in [-0.15, -0.1) is 11.3 Å². The van der Waals surface area contributed by atoms with Crippen molar-refractivity contribution >= 4 is 43.3 Å². The van der Waals surface area contributed by atoms with Crippen LogP contribution in [0.5, 0.6) is 0 Å². The van der Waals surface area contributed by atoms with Crippen LogP contribution in [0.15, 0.2) is 14.7 Å². The fraction of sp³-hybridized carbons (Fsp3) is 0.500. The van der Waals surface area contributed by atoms with Crippen LogP contribution in [0, 0.1) is 12.8 Å². The molecule has 0 aliphatic heterocycles. The van der Waals surface area contributed by atoms with Crippen molar-refractivity contribution in [3.05, 3.63) is 15.4 Å². The molecule has 1 aromatic heterocycles. The number of aliphatic carboxylic acids is 1. The molecule has 1 heterocycles. The van der Waals surface area contributed by atoms with Crippen LogP contribution >= 0.6 is 27.3 Å². The van der Waals surface area contributed by atoms with Crippen molar-refractivity contribution in [1.29, 1.82) is 0 Å². The summed E-state index contributed by atoms with van der Waals surface area (Å²) in [5.74, 6) is -1.52. The second kappa shape index (κ2) is 5.68. The quantitative estimate of drug-likeness (QED) is 0.847. The topological polar surface area (TPSA) is 83.5 Å². The lowest BCUT2D eigenvalue weighted by Crippen LogP contribution is -2.44. The highest BCUT2D eigenvalue weighted by atomic mass is 79.9. The van der Waals surface area contributed by atoms with Crippen LogP contribution in [0.4, 0.5) is 0 Å². The van der Waals surface area contributed by atoms with Gasteiger partial charge in [-0.1, -0.05) is 13.8 Å².